The van der Waals surface area contributed by atoms with E-state index in [1.54, 1.807) is 0 Å². The summed E-state index contributed by atoms with van der Waals surface area (Å²) in [6, 6.07) is 0. The predicted octanol–water partition coefficient (Wildman–Crippen LogP) is 0.0574. The van der Waals surface area contributed by atoms with Gasteiger partial charge in [0, 0.05) is 6.42 Å². The molecule has 2 heterocycles. The number of aliphatic hydroxyl groups excluding tert-OH is 1. The second-order valence-electron chi connectivity index (χ2n) is 2.78. The van der Waals surface area contributed by atoms with Crippen molar-refractivity contribution in [2.24, 2.45) is 0 Å². The molecule has 2 fully saturated rings. The summed E-state index contributed by atoms with van der Waals surface area (Å²) in [4.78, 5) is 20.1. The number of hydrogen-bond acceptors (Lipinski definition) is 7. The zero-order valence-corrected chi connectivity index (χ0v) is 8.01. The highest BCUT2D eigenvalue weighted by atomic mass is 16.8. The topological polar surface area (TPSA) is 91.3 Å². The molecule has 0 bridgehead atoms. The molecule has 2 aliphatic heterocycles. The zero-order chi connectivity index (χ0) is 11.1. The van der Waals surface area contributed by atoms with Crippen LogP contribution in [0.15, 0.2) is 0 Å². The number of aliphatic hydroxyl groups is 1. The highest BCUT2D eigenvalue weighted by molar-refractivity contribution is 5.61. The molecular weight excluding hydrogens is 208 g/mol. The smallest absolute Gasteiger partial charge is 0.434 e. The van der Waals surface area contributed by atoms with E-state index in [1.807, 2.05) is 0 Å². The minimum Gasteiger partial charge on any atom is -0.434 e. The van der Waals surface area contributed by atoms with Crippen LogP contribution in [-0.2, 0) is 18.9 Å². The molecule has 1 atom stereocenters. The van der Waals surface area contributed by atoms with Gasteiger partial charge in [0.1, 0.15) is 6.61 Å². The Balaban J connectivity index is 0.000000151. The van der Waals surface area contributed by atoms with E-state index in [0.29, 0.717) is 13.2 Å². The van der Waals surface area contributed by atoms with Gasteiger partial charge >= 0.3 is 12.3 Å². The normalized spacial score (nSPS) is 23.9. The van der Waals surface area contributed by atoms with E-state index in [1.165, 1.54) is 0 Å². The van der Waals surface area contributed by atoms with Crippen molar-refractivity contribution in [1.82, 2.24) is 0 Å². The van der Waals surface area contributed by atoms with Gasteiger partial charge in [-0.15, -0.1) is 0 Å². The lowest BCUT2D eigenvalue weighted by molar-refractivity contribution is 0.0192. The SMILES string of the molecule is O=C1OCC(CO)O1.O=C1OCCCO1. The highest BCUT2D eigenvalue weighted by Crippen LogP contribution is 2.03. The summed E-state index contributed by atoms with van der Waals surface area (Å²) in [5.74, 6) is 0. The van der Waals surface area contributed by atoms with Crippen LogP contribution in [0.5, 0.6) is 0 Å². The van der Waals surface area contributed by atoms with Gasteiger partial charge in [0.05, 0.1) is 19.8 Å². The predicted molar refractivity (Wildman–Crippen MR) is 45.2 cm³/mol. The van der Waals surface area contributed by atoms with Crippen LogP contribution in [0.2, 0.25) is 0 Å². The fraction of sp³-hybridized carbons (Fsp3) is 0.750. The van der Waals surface area contributed by atoms with Gasteiger partial charge in [-0.1, -0.05) is 0 Å². The van der Waals surface area contributed by atoms with Crippen LogP contribution in [0.4, 0.5) is 9.59 Å². The van der Waals surface area contributed by atoms with Gasteiger partial charge in [-0.2, -0.15) is 0 Å². The number of carbonyl (C=O) groups excluding carboxylic acids is 2. The molecule has 1 N–H and O–H groups in total. The molecule has 7 nitrogen and oxygen atoms in total. The molecule has 15 heavy (non-hydrogen) atoms. The molecule has 86 valence electrons. The Labute approximate surface area is 85.9 Å². The largest absolute Gasteiger partial charge is 0.508 e. The van der Waals surface area contributed by atoms with Crippen LogP contribution in [0, 0.1) is 0 Å². The van der Waals surface area contributed by atoms with Crippen molar-refractivity contribution < 1.29 is 33.6 Å². The molecule has 0 aromatic rings. The Kier molecular flexibility index (Phi) is 4.69. The maximum Gasteiger partial charge on any atom is 0.508 e. The minimum atomic E-state index is -0.691. The Hall–Kier alpha value is -1.50. The molecule has 0 radical (unpaired) electrons. The van der Waals surface area contributed by atoms with Crippen LogP contribution >= 0.6 is 0 Å². The molecule has 0 aromatic carbocycles. The molecule has 0 saturated carbocycles. The van der Waals surface area contributed by atoms with E-state index in [2.05, 4.69) is 18.9 Å². The third-order valence-electron chi connectivity index (χ3n) is 1.58. The van der Waals surface area contributed by atoms with E-state index < -0.39 is 18.4 Å². The van der Waals surface area contributed by atoms with Crippen LogP contribution in [-0.4, -0.2) is 49.9 Å². The van der Waals surface area contributed by atoms with Crippen molar-refractivity contribution in [3.05, 3.63) is 0 Å². The van der Waals surface area contributed by atoms with Gasteiger partial charge in [-0.3, -0.25) is 0 Å². The van der Waals surface area contributed by atoms with E-state index >= 15 is 0 Å². The van der Waals surface area contributed by atoms with Crippen molar-refractivity contribution in [3.63, 3.8) is 0 Å². The summed E-state index contributed by atoms with van der Waals surface area (Å²) in [6.45, 7) is 1.04. The quantitative estimate of drug-likeness (QED) is 0.624. The second-order valence-corrected chi connectivity index (χ2v) is 2.78. The van der Waals surface area contributed by atoms with Gasteiger partial charge in [-0.05, 0) is 0 Å². The molecule has 0 amide bonds. The standard InChI is InChI=1S/C4H6O4.C4H6O3/c5-1-3-2-7-4(6)8-3;5-4-6-2-1-3-7-4/h3,5H,1-2H2;1-3H2. The van der Waals surface area contributed by atoms with E-state index in [4.69, 9.17) is 5.11 Å². The molecule has 2 aliphatic rings. The summed E-state index contributed by atoms with van der Waals surface area (Å²) in [5.41, 5.74) is 0. The van der Waals surface area contributed by atoms with Crippen molar-refractivity contribution in [1.29, 1.82) is 0 Å². The summed E-state index contributed by atoms with van der Waals surface area (Å²) in [6.07, 6.45) is -0.844. The van der Waals surface area contributed by atoms with Crippen molar-refractivity contribution in [2.45, 2.75) is 12.5 Å². The molecule has 2 saturated heterocycles. The monoisotopic (exact) mass is 220 g/mol. The average Bonchev–Trinajstić information content (AvgIpc) is 2.66. The maximum atomic E-state index is 10.1. The van der Waals surface area contributed by atoms with Gasteiger partial charge in [-0.25, -0.2) is 9.59 Å². The number of rotatable bonds is 1. The van der Waals surface area contributed by atoms with E-state index in [9.17, 15) is 9.59 Å². The molecular formula is C8H12O7. The van der Waals surface area contributed by atoms with Crippen molar-refractivity contribution >= 4 is 12.3 Å². The summed E-state index contributed by atoms with van der Waals surface area (Å²) in [7, 11) is 0. The summed E-state index contributed by atoms with van der Waals surface area (Å²) in [5, 5.41) is 8.33. The number of ether oxygens (including phenoxy) is 4. The Morgan fingerprint density at radius 3 is 2.07 bits per heavy atom. The molecule has 0 aliphatic carbocycles. The van der Waals surface area contributed by atoms with Gasteiger partial charge < -0.3 is 24.1 Å². The first-order chi connectivity index (χ1) is 7.22. The Morgan fingerprint density at radius 2 is 1.80 bits per heavy atom. The van der Waals surface area contributed by atoms with Crippen LogP contribution in [0.3, 0.4) is 0 Å². The Morgan fingerprint density at radius 1 is 1.13 bits per heavy atom. The third-order valence-corrected chi connectivity index (χ3v) is 1.58. The number of hydrogen-bond donors (Lipinski definition) is 1. The fourth-order valence-corrected chi connectivity index (χ4v) is 0.867. The first-order valence-corrected chi connectivity index (χ1v) is 4.46. The molecule has 0 aromatic heterocycles. The van der Waals surface area contributed by atoms with Gasteiger partial charge in [0.2, 0.25) is 0 Å². The van der Waals surface area contributed by atoms with Crippen molar-refractivity contribution in [3.8, 4) is 0 Å². The maximum absolute atomic E-state index is 10.1. The van der Waals surface area contributed by atoms with Crippen LogP contribution < -0.4 is 0 Å². The third kappa shape index (κ3) is 4.50. The molecule has 0 spiro atoms. The van der Waals surface area contributed by atoms with Crippen LogP contribution in [0.1, 0.15) is 6.42 Å². The first kappa shape index (κ1) is 11.6. The first-order valence-electron chi connectivity index (χ1n) is 4.46. The Bertz CT molecular complexity index is 219. The van der Waals surface area contributed by atoms with E-state index in [-0.39, 0.29) is 13.2 Å². The van der Waals surface area contributed by atoms with Gasteiger partial charge in [0.15, 0.2) is 6.10 Å². The summed E-state index contributed by atoms with van der Waals surface area (Å²) < 4.78 is 17.6. The summed E-state index contributed by atoms with van der Waals surface area (Å²) >= 11 is 0. The lowest BCUT2D eigenvalue weighted by atomic mass is 10.4. The molecule has 1 unspecified atom stereocenters. The molecule has 7 heteroatoms. The average molecular weight is 220 g/mol. The lowest BCUT2D eigenvalue weighted by Gasteiger charge is -2.09. The molecule has 2 rings (SSSR count). The van der Waals surface area contributed by atoms with Crippen molar-refractivity contribution in [2.75, 3.05) is 26.4 Å². The minimum absolute atomic E-state index is 0.161. The van der Waals surface area contributed by atoms with E-state index in [0.717, 1.165) is 6.42 Å². The fourth-order valence-electron chi connectivity index (χ4n) is 0.867. The lowest BCUT2D eigenvalue weighted by Crippen LogP contribution is -2.16. The van der Waals surface area contributed by atoms with Crippen LogP contribution in [0.25, 0.3) is 0 Å². The number of carbonyl (C=O) groups is 2. The highest BCUT2D eigenvalue weighted by Gasteiger charge is 2.23. The second kappa shape index (κ2) is 6.07. The zero-order valence-electron chi connectivity index (χ0n) is 8.01. The number of cyclic esters (lactones) is 4. The van der Waals surface area contributed by atoms with Gasteiger partial charge in [0.25, 0.3) is 0 Å².